The van der Waals surface area contributed by atoms with E-state index in [1.165, 1.54) is 0 Å². The van der Waals surface area contributed by atoms with E-state index in [-0.39, 0.29) is 38.5 Å². The molecule has 0 N–H and O–H groups in total. The van der Waals surface area contributed by atoms with Crippen LogP contribution in [0.3, 0.4) is 0 Å². The van der Waals surface area contributed by atoms with Crippen LogP contribution >= 0.6 is 0 Å². The molecule has 0 fully saturated rings. The van der Waals surface area contributed by atoms with Gasteiger partial charge in [0.15, 0.2) is 0 Å². The average molecular weight is 272 g/mol. The number of ketones is 1. The summed E-state index contributed by atoms with van der Waals surface area (Å²) >= 11 is 0. The van der Waals surface area contributed by atoms with Gasteiger partial charge in [-0.05, 0) is 0 Å². The molecule has 1 aromatic rings. The first-order chi connectivity index (χ1) is 6.81. The van der Waals surface area contributed by atoms with Gasteiger partial charge in [0, 0.05) is 38.5 Å². The summed E-state index contributed by atoms with van der Waals surface area (Å²) in [5, 5.41) is 0. The standard InChI is InChI=1S/C12H12BO.Y/c1-2-9-7-12(14)10-5-3-4-6-11(10)13-8-9;/h3-7,9H,1-2,8H2;/q-2;. The SMILES string of the molecule is [CH2-]CC1[CH-]C(=O)c2ccccc2[B]C1.[Y]. The number of benzene rings is 1. The van der Waals surface area contributed by atoms with E-state index in [2.05, 4.69) is 14.2 Å². The van der Waals surface area contributed by atoms with Crippen molar-refractivity contribution < 1.29 is 37.5 Å². The van der Waals surface area contributed by atoms with Gasteiger partial charge in [-0.1, -0.05) is 24.5 Å². The van der Waals surface area contributed by atoms with E-state index in [4.69, 9.17) is 0 Å². The Labute approximate surface area is 117 Å². The van der Waals surface area contributed by atoms with Gasteiger partial charge in [-0.25, -0.2) is 0 Å². The van der Waals surface area contributed by atoms with E-state index >= 15 is 0 Å². The molecule has 1 aromatic carbocycles. The van der Waals surface area contributed by atoms with E-state index in [9.17, 15) is 4.79 Å². The Morgan fingerprint density at radius 2 is 2.20 bits per heavy atom. The Bertz CT molecular complexity index is 351. The molecule has 0 bridgehead atoms. The van der Waals surface area contributed by atoms with Gasteiger partial charge in [0.1, 0.15) is 7.28 Å². The van der Waals surface area contributed by atoms with Gasteiger partial charge in [-0.15, -0.1) is 17.5 Å². The number of Topliss-reactive ketones (excluding diaryl/α,β-unsaturated/α-hetero) is 1. The molecule has 0 aromatic heterocycles. The maximum atomic E-state index is 11.8. The van der Waals surface area contributed by atoms with Crippen molar-refractivity contribution in [3.8, 4) is 0 Å². The summed E-state index contributed by atoms with van der Waals surface area (Å²) in [5.41, 5.74) is 1.88. The fraction of sp³-hybridized carbons (Fsp3) is 0.250. The summed E-state index contributed by atoms with van der Waals surface area (Å²) in [5.74, 6) is 0.443. The molecule has 3 heteroatoms. The maximum absolute atomic E-state index is 11.8. The van der Waals surface area contributed by atoms with Crippen molar-refractivity contribution in [2.24, 2.45) is 5.92 Å². The number of carbonyl (C=O) groups is 1. The molecular formula is C12H12BOY-2. The monoisotopic (exact) mass is 272 g/mol. The Kier molecular flexibility index (Phi) is 5.08. The molecule has 2 radical (unpaired) electrons. The second-order valence-electron chi connectivity index (χ2n) is 3.61. The van der Waals surface area contributed by atoms with Crippen LogP contribution in [-0.4, -0.2) is 13.1 Å². The Balaban J connectivity index is 0.00000112. The van der Waals surface area contributed by atoms with E-state index in [0.717, 1.165) is 23.8 Å². The third-order valence-corrected chi connectivity index (χ3v) is 2.62. The molecule has 0 spiro atoms. The fourth-order valence-corrected chi connectivity index (χ4v) is 1.75. The minimum atomic E-state index is 0. The molecule has 2 rings (SSSR count). The van der Waals surface area contributed by atoms with Crippen molar-refractivity contribution in [1.82, 2.24) is 0 Å². The van der Waals surface area contributed by atoms with Crippen molar-refractivity contribution in [2.75, 3.05) is 0 Å². The molecular weight excluding hydrogens is 260 g/mol. The van der Waals surface area contributed by atoms with Crippen LogP contribution in [0.25, 0.3) is 0 Å². The smallest absolute Gasteiger partial charge is 0.127 e. The zero-order chi connectivity index (χ0) is 9.97. The van der Waals surface area contributed by atoms with E-state index < -0.39 is 0 Å². The minimum absolute atomic E-state index is 0. The van der Waals surface area contributed by atoms with Crippen LogP contribution in [0.1, 0.15) is 16.8 Å². The molecule has 74 valence electrons. The molecule has 0 saturated heterocycles. The van der Waals surface area contributed by atoms with Gasteiger partial charge in [0.05, 0.1) is 0 Å². The van der Waals surface area contributed by atoms with Crippen LogP contribution in [0.5, 0.6) is 0 Å². The molecule has 15 heavy (non-hydrogen) atoms. The molecule has 0 aliphatic carbocycles. The van der Waals surface area contributed by atoms with Crippen molar-refractivity contribution in [3.05, 3.63) is 43.2 Å². The number of rotatable bonds is 1. The molecule has 1 atom stereocenters. The summed E-state index contributed by atoms with van der Waals surface area (Å²) in [6.07, 6.45) is 3.51. The summed E-state index contributed by atoms with van der Waals surface area (Å²) < 4.78 is 0. The second-order valence-corrected chi connectivity index (χ2v) is 3.61. The third-order valence-electron chi connectivity index (χ3n) is 2.62. The normalized spacial score (nSPS) is 19.0. The van der Waals surface area contributed by atoms with Gasteiger partial charge in [-0.3, -0.25) is 0 Å². The van der Waals surface area contributed by atoms with Crippen molar-refractivity contribution in [1.29, 1.82) is 0 Å². The topological polar surface area (TPSA) is 17.1 Å². The zero-order valence-electron chi connectivity index (χ0n) is 8.65. The minimum Gasteiger partial charge on any atom is -0.344 e. The first-order valence-corrected chi connectivity index (χ1v) is 4.92. The first-order valence-electron chi connectivity index (χ1n) is 4.92. The quantitative estimate of drug-likeness (QED) is 0.561. The summed E-state index contributed by atoms with van der Waals surface area (Å²) in [6, 6.07) is 7.75. The van der Waals surface area contributed by atoms with Gasteiger partial charge >= 0.3 is 0 Å². The molecule has 0 saturated carbocycles. The molecule has 1 aliphatic heterocycles. The summed E-state index contributed by atoms with van der Waals surface area (Å²) in [4.78, 5) is 11.8. The van der Waals surface area contributed by atoms with E-state index in [0.29, 0.717) is 5.92 Å². The average Bonchev–Trinajstić information content (AvgIpc) is 2.39. The van der Waals surface area contributed by atoms with Crippen LogP contribution in [-0.2, 0) is 32.7 Å². The second kappa shape index (κ2) is 5.86. The Morgan fingerprint density at radius 1 is 1.47 bits per heavy atom. The van der Waals surface area contributed by atoms with Crippen molar-refractivity contribution in [2.45, 2.75) is 12.7 Å². The first kappa shape index (κ1) is 13.0. The number of carbonyl (C=O) groups excluding carboxylic acids is 1. The van der Waals surface area contributed by atoms with Crippen LogP contribution in [0, 0.1) is 19.3 Å². The molecule has 1 nitrogen and oxygen atoms in total. The summed E-state index contributed by atoms with van der Waals surface area (Å²) in [6.45, 7) is 3.84. The zero-order valence-corrected chi connectivity index (χ0v) is 11.5. The van der Waals surface area contributed by atoms with Crippen molar-refractivity contribution >= 4 is 18.5 Å². The van der Waals surface area contributed by atoms with Gasteiger partial charge in [-0.2, -0.15) is 18.3 Å². The van der Waals surface area contributed by atoms with Gasteiger partial charge in [0.25, 0.3) is 0 Å². The van der Waals surface area contributed by atoms with Crippen LogP contribution in [0.4, 0.5) is 0 Å². The number of hydrogen-bond donors (Lipinski definition) is 0. The maximum Gasteiger partial charge on any atom is 0.127 e. The number of fused-ring (bicyclic) bond motifs is 1. The Morgan fingerprint density at radius 3 is 2.93 bits per heavy atom. The van der Waals surface area contributed by atoms with E-state index in [1.54, 1.807) is 6.42 Å². The molecule has 0 amide bonds. The fourth-order valence-electron chi connectivity index (χ4n) is 1.75. The number of hydrogen-bond acceptors (Lipinski definition) is 1. The van der Waals surface area contributed by atoms with Crippen LogP contribution in [0.15, 0.2) is 24.3 Å². The van der Waals surface area contributed by atoms with Crippen molar-refractivity contribution in [3.63, 3.8) is 0 Å². The largest absolute Gasteiger partial charge is 0.344 e. The van der Waals surface area contributed by atoms with Gasteiger partial charge < -0.3 is 11.7 Å². The Hall–Kier alpha value is -0.0712. The molecule has 1 heterocycles. The predicted octanol–water partition coefficient (Wildman–Crippen LogP) is 1.67. The van der Waals surface area contributed by atoms with Crippen LogP contribution in [0.2, 0.25) is 6.32 Å². The third kappa shape index (κ3) is 2.95. The van der Waals surface area contributed by atoms with Gasteiger partial charge in [0.2, 0.25) is 0 Å². The van der Waals surface area contributed by atoms with E-state index in [1.807, 2.05) is 24.3 Å². The predicted molar refractivity (Wildman–Crippen MR) is 58.7 cm³/mol. The van der Waals surface area contributed by atoms with Crippen LogP contribution < -0.4 is 5.46 Å². The molecule has 1 unspecified atom stereocenters. The molecule has 1 aliphatic rings. The summed E-state index contributed by atoms with van der Waals surface area (Å²) in [7, 11) is 2.13.